The van der Waals surface area contributed by atoms with E-state index in [-0.39, 0.29) is 11.7 Å². The molecule has 1 aromatic carbocycles. The molecule has 0 radical (unpaired) electrons. The van der Waals surface area contributed by atoms with Crippen LogP contribution in [0, 0.1) is 10.1 Å². The molecule has 2 aromatic heterocycles. The minimum absolute atomic E-state index is 0.0470. The van der Waals surface area contributed by atoms with Crippen LogP contribution < -0.4 is 5.32 Å². The van der Waals surface area contributed by atoms with E-state index in [0.717, 1.165) is 24.5 Å². The van der Waals surface area contributed by atoms with Gasteiger partial charge in [-0.25, -0.2) is 0 Å². The first-order chi connectivity index (χ1) is 12.6. The van der Waals surface area contributed by atoms with Crippen molar-refractivity contribution in [3.63, 3.8) is 0 Å². The third-order valence-electron chi connectivity index (χ3n) is 4.44. The first-order valence-corrected chi connectivity index (χ1v) is 8.55. The molecule has 1 unspecified atom stereocenters. The number of nitro groups is 1. The van der Waals surface area contributed by atoms with E-state index in [2.05, 4.69) is 27.0 Å². The monoisotopic (exact) mass is 368 g/mol. The van der Waals surface area contributed by atoms with E-state index >= 15 is 0 Å². The maximum absolute atomic E-state index is 10.8. The van der Waals surface area contributed by atoms with Crippen LogP contribution in [0.25, 0.3) is 0 Å². The fourth-order valence-electron chi connectivity index (χ4n) is 3.21. The molecule has 3 heterocycles. The normalized spacial score (nSPS) is 16.2. The summed E-state index contributed by atoms with van der Waals surface area (Å²) in [6.45, 7) is 1.55. The molecule has 3 aromatic rings. The molecule has 0 amide bonds. The average Bonchev–Trinajstić information content (AvgIpc) is 3.32. The van der Waals surface area contributed by atoms with Gasteiger partial charge in [-0.15, -0.1) is 0 Å². The lowest BCUT2D eigenvalue weighted by Crippen LogP contribution is -2.44. The Morgan fingerprint density at radius 1 is 1.19 bits per heavy atom. The van der Waals surface area contributed by atoms with Crippen molar-refractivity contribution >= 4 is 28.7 Å². The van der Waals surface area contributed by atoms with Gasteiger partial charge < -0.3 is 19.2 Å². The lowest BCUT2D eigenvalue weighted by Gasteiger charge is -2.37. The van der Waals surface area contributed by atoms with Crippen molar-refractivity contribution in [3.8, 4) is 0 Å². The molecule has 0 fully saturated rings. The van der Waals surface area contributed by atoms with Crippen LogP contribution >= 0.6 is 12.2 Å². The number of nitrogens with zero attached hydrogens (tertiary/aromatic N) is 3. The number of furan rings is 1. The van der Waals surface area contributed by atoms with E-state index in [9.17, 15) is 10.1 Å². The number of fused-ring (bicyclic) bond motifs is 1. The van der Waals surface area contributed by atoms with Crippen LogP contribution in [-0.4, -0.2) is 26.0 Å². The number of hydrogen-bond donors (Lipinski definition) is 1. The molecule has 1 atom stereocenters. The lowest BCUT2D eigenvalue weighted by atomic mass is 10.1. The Labute approximate surface area is 155 Å². The standard InChI is InChI=1S/C18H16N4O3S/c23-22(24)14-7-5-13(6-8-14)19-18(26)21-11-10-20-9-1-3-15(20)17(21)16-4-2-12-25-16/h1-9,12,17H,10-11H2,(H,19,26). The summed E-state index contributed by atoms with van der Waals surface area (Å²) in [6.07, 6.45) is 3.71. The van der Waals surface area contributed by atoms with Crippen molar-refractivity contribution in [2.45, 2.75) is 12.6 Å². The molecule has 0 spiro atoms. The zero-order chi connectivity index (χ0) is 18.1. The molecule has 0 saturated carbocycles. The van der Waals surface area contributed by atoms with E-state index in [1.54, 1.807) is 18.4 Å². The molecule has 7 nitrogen and oxygen atoms in total. The molecule has 1 aliphatic rings. The number of benzene rings is 1. The minimum atomic E-state index is -0.423. The van der Waals surface area contributed by atoms with Gasteiger partial charge >= 0.3 is 0 Å². The van der Waals surface area contributed by atoms with Crippen LogP contribution in [0.15, 0.2) is 65.4 Å². The van der Waals surface area contributed by atoms with E-state index < -0.39 is 4.92 Å². The van der Waals surface area contributed by atoms with Gasteiger partial charge in [-0.2, -0.15) is 0 Å². The molecule has 1 aliphatic heterocycles. The van der Waals surface area contributed by atoms with Crippen LogP contribution in [0.5, 0.6) is 0 Å². The first-order valence-electron chi connectivity index (χ1n) is 8.14. The number of anilines is 1. The summed E-state index contributed by atoms with van der Waals surface area (Å²) >= 11 is 5.62. The molecule has 8 heteroatoms. The number of hydrogen-bond acceptors (Lipinski definition) is 4. The van der Waals surface area contributed by atoms with Crippen molar-refractivity contribution in [3.05, 3.63) is 82.6 Å². The highest BCUT2D eigenvalue weighted by Crippen LogP contribution is 2.33. The molecule has 132 valence electrons. The third kappa shape index (κ3) is 2.95. The Morgan fingerprint density at radius 2 is 2.00 bits per heavy atom. The molecule has 4 rings (SSSR count). The Hall–Kier alpha value is -3.13. The van der Waals surface area contributed by atoms with Crippen molar-refractivity contribution in [2.75, 3.05) is 11.9 Å². The second-order valence-corrected chi connectivity index (χ2v) is 6.36. The van der Waals surface area contributed by atoms with Crippen LogP contribution in [0.1, 0.15) is 17.5 Å². The average molecular weight is 368 g/mol. The van der Waals surface area contributed by atoms with E-state index in [1.165, 1.54) is 12.1 Å². The van der Waals surface area contributed by atoms with Crippen molar-refractivity contribution in [1.82, 2.24) is 9.47 Å². The lowest BCUT2D eigenvalue weighted by molar-refractivity contribution is -0.384. The Kier molecular flexibility index (Phi) is 4.18. The summed E-state index contributed by atoms with van der Waals surface area (Å²) in [7, 11) is 0. The SMILES string of the molecule is O=[N+]([O-])c1ccc(NC(=S)N2CCn3cccc3C2c2ccco2)cc1. The summed E-state index contributed by atoms with van der Waals surface area (Å²) in [5.41, 5.74) is 1.87. The van der Waals surface area contributed by atoms with Gasteiger partial charge in [0.25, 0.3) is 5.69 Å². The molecule has 0 aliphatic carbocycles. The molecular weight excluding hydrogens is 352 g/mol. The smallest absolute Gasteiger partial charge is 0.269 e. The Balaban J connectivity index is 1.59. The van der Waals surface area contributed by atoms with Crippen molar-refractivity contribution in [1.29, 1.82) is 0 Å². The molecule has 1 N–H and O–H groups in total. The third-order valence-corrected chi connectivity index (χ3v) is 4.78. The highest BCUT2D eigenvalue weighted by Gasteiger charge is 2.32. The maximum Gasteiger partial charge on any atom is 0.269 e. The molecule has 26 heavy (non-hydrogen) atoms. The van der Waals surface area contributed by atoms with Gasteiger partial charge in [-0.05, 0) is 48.6 Å². The van der Waals surface area contributed by atoms with Gasteiger partial charge in [0.15, 0.2) is 5.11 Å². The van der Waals surface area contributed by atoms with Gasteiger partial charge in [0, 0.05) is 42.8 Å². The zero-order valence-corrected chi connectivity index (χ0v) is 14.6. The van der Waals surface area contributed by atoms with E-state index in [0.29, 0.717) is 10.8 Å². The number of non-ortho nitro benzene ring substituents is 1. The number of nitrogens with one attached hydrogen (secondary N) is 1. The summed E-state index contributed by atoms with van der Waals surface area (Å²) in [4.78, 5) is 12.4. The Morgan fingerprint density at radius 3 is 2.69 bits per heavy atom. The van der Waals surface area contributed by atoms with Crippen molar-refractivity contribution in [2.24, 2.45) is 0 Å². The second-order valence-electron chi connectivity index (χ2n) is 5.97. The maximum atomic E-state index is 10.8. The second kappa shape index (κ2) is 6.64. The molecule has 0 bridgehead atoms. The Bertz CT molecular complexity index is 934. The van der Waals surface area contributed by atoms with E-state index in [4.69, 9.17) is 16.6 Å². The van der Waals surface area contributed by atoms with Crippen LogP contribution in [0.4, 0.5) is 11.4 Å². The minimum Gasteiger partial charge on any atom is -0.467 e. The molecule has 0 saturated heterocycles. The zero-order valence-electron chi connectivity index (χ0n) is 13.7. The topological polar surface area (TPSA) is 76.5 Å². The van der Waals surface area contributed by atoms with Gasteiger partial charge in [-0.1, -0.05) is 0 Å². The van der Waals surface area contributed by atoms with Crippen LogP contribution in [0.3, 0.4) is 0 Å². The summed E-state index contributed by atoms with van der Waals surface area (Å²) < 4.78 is 7.85. The predicted molar refractivity (Wildman–Crippen MR) is 101 cm³/mol. The quantitative estimate of drug-likeness (QED) is 0.431. The van der Waals surface area contributed by atoms with Gasteiger partial charge in [0.1, 0.15) is 11.8 Å². The summed E-state index contributed by atoms with van der Waals surface area (Å²) in [5, 5.41) is 14.5. The number of rotatable bonds is 3. The highest BCUT2D eigenvalue weighted by atomic mass is 32.1. The van der Waals surface area contributed by atoms with Gasteiger partial charge in [0.2, 0.25) is 0 Å². The molecular formula is C18H16N4O3S. The predicted octanol–water partition coefficient (Wildman–Crippen LogP) is 3.79. The summed E-state index contributed by atoms with van der Waals surface area (Å²) in [5.74, 6) is 0.817. The largest absolute Gasteiger partial charge is 0.467 e. The van der Waals surface area contributed by atoms with Crippen LogP contribution in [0.2, 0.25) is 0 Å². The number of thiocarbonyl (C=S) groups is 1. The van der Waals surface area contributed by atoms with E-state index in [1.807, 2.05) is 18.2 Å². The highest BCUT2D eigenvalue weighted by molar-refractivity contribution is 7.80. The van der Waals surface area contributed by atoms with Crippen molar-refractivity contribution < 1.29 is 9.34 Å². The fraction of sp³-hybridized carbons (Fsp3) is 0.167. The van der Waals surface area contributed by atoms with Crippen LogP contribution in [-0.2, 0) is 6.54 Å². The first kappa shape index (κ1) is 16.3. The van der Waals surface area contributed by atoms with Gasteiger partial charge in [0.05, 0.1) is 11.2 Å². The number of aromatic nitrogens is 1. The number of nitro benzene ring substituents is 1. The fourth-order valence-corrected chi connectivity index (χ4v) is 3.52. The van der Waals surface area contributed by atoms with Gasteiger partial charge in [-0.3, -0.25) is 10.1 Å². The summed E-state index contributed by atoms with van der Waals surface area (Å²) in [6, 6.07) is 14.0.